The second-order valence-electron chi connectivity index (χ2n) is 4.08. The molecule has 0 aliphatic carbocycles. The standard InChI is InChI=1S/C12H11O7P/c13-11(14)8-5-9(20(17,18)19)6-3-1-2-4-7(6)10(8)12(15)16/h1-5,17-19H,(H3-,13,14,15,16)/p+1. The summed E-state index contributed by atoms with van der Waals surface area (Å²) in [5.41, 5.74) is 0. The molecule has 8 heteroatoms. The number of fused-ring (bicyclic) bond motifs is 1. The minimum absolute atomic E-state index is 0.113. The van der Waals surface area contributed by atoms with E-state index < -0.39 is 25.1 Å². The highest BCUT2D eigenvalue weighted by atomic mass is 31.2. The first-order valence-corrected chi connectivity index (χ1v) is 7.02. The van der Waals surface area contributed by atoms with Crippen LogP contribution in [-0.4, -0.2) is 35.1 Å². The van der Waals surface area contributed by atoms with Crippen LogP contribution in [0.3, 0.4) is 0 Å². The van der Waals surface area contributed by atoms with Crippen molar-refractivity contribution < 1.29 is 35.1 Å². The molecule has 2 aromatic carbocycles. The Morgan fingerprint density at radius 3 is 1.80 bits per heavy atom. The highest BCUT2D eigenvalue weighted by Crippen LogP contribution is 2.44. The van der Waals surface area contributed by atoms with Gasteiger partial charge in [0.05, 0.1) is 10.4 Å². The lowest BCUT2D eigenvalue weighted by molar-refractivity contribution is 0.289. The predicted octanol–water partition coefficient (Wildman–Crippen LogP) is -0.432. The lowest BCUT2D eigenvalue weighted by Crippen LogP contribution is -2.35. The molecule has 106 valence electrons. The van der Waals surface area contributed by atoms with Crippen molar-refractivity contribution in [2.24, 2.45) is 0 Å². The van der Waals surface area contributed by atoms with Crippen molar-refractivity contribution in [2.75, 3.05) is 0 Å². The highest BCUT2D eigenvalue weighted by Gasteiger charge is 2.37. The van der Waals surface area contributed by atoms with Gasteiger partial charge in [-0.1, -0.05) is 24.3 Å². The van der Waals surface area contributed by atoms with Crippen molar-refractivity contribution in [2.45, 2.75) is 0 Å². The number of benzene rings is 2. The molecule has 0 fully saturated rings. The maximum Gasteiger partial charge on any atom is 0.441 e. The molecular weight excluding hydrogens is 287 g/mol. The fraction of sp³-hybridized carbons (Fsp3) is 0. The van der Waals surface area contributed by atoms with E-state index in [4.69, 9.17) is 0 Å². The Balaban J connectivity index is 3.23. The molecule has 0 atom stereocenters. The molecule has 0 aliphatic heterocycles. The minimum Gasteiger partial charge on any atom is -0.481 e. The second kappa shape index (κ2) is 4.81. The van der Waals surface area contributed by atoms with Gasteiger partial charge >= 0.3 is 7.94 Å². The summed E-state index contributed by atoms with van der Waals surface area (Å²) in [6, 6.07) is 6.79. The average Bonchev–Trinajstić information content (AvgIpc) is 2.34. The van der Waals surface area contributed by atoms with Gasteiger partial charge in [0, 0.05) is 16.8 Å². The molecule has 0 aliphatic rings. The molecule has 0 radical (unpaired) electrons. The van der Waals surface area contributed by atoms with Crippen LogP contribution in [0, 0.1) is 0 Å². The fourth-order valence-corrected chi connectivity index (χ4v) is 2.84. The van der Waals surface area contributed by atoms with Crippen molar-refractivity contribution in [1.29, 1.82) is 0 Å². The summed E-state index contributed by atoms with van der Waals surface area (Å²) < 4.78 is 0. The van der Waals surface area contributed by atoms with E-state index in [1.807, 2.05) is 0 Å². The molecule has 0 heterocycles. The molecule has 7 nitrogen and oxygen atoms in total. The minimum atomic E-state index is -4.44. The SMILES string of the molecule is OC(O)=c1cc([P+](O)(O)O)c2ccccc2c1=C(O)O. The van der Waals surface area contributed by atoms with Gasteiger partial charge in [0.15, 0.2) is 5.30 Å². The Labute approximate surface area is 112 Å². The number of aliphatic hydroxyl groups is 4. The second-order valence-corrected chi connectivity index (χ2v) is 5.70. The van der Waals surface area contributed by atoms with Crippen LogP contribution < -0.4 is 15.7 Å². The molecule has 0 unspecified atom stereocenters. The number of hydrogen-bond acceptors (Lipinski definition) is 7. The first-order valence-electron chi connectivity index (χ1n) is 5.37. The van der Waals surface area contributed by atoms with Crippen molar-refractivity contribution >= 4 is 35.9 Å². The van der Waals surface area contributed by atoms with E-state index in [9.17, 15) is 35.1 Å². The number of rotatable bonds is 1. The summed E-state index contributed by atoms with van der Waals surface area (Å²) in [7, 11) is -4.44. The molecule has 2 rings (SSSR count). The van der Waals surface area contributed by atoms with E-state index in [1.165, 1.54) is 18.2 Å². The van der Waals surface area contributed by atoms with Crippen LogP contribution in [0.15, 0.2) is 30.3 Å². The third kappa shape index (κ3) is 2.35. The van der Waals surface area contributed by atoms with Crippen LogP contribution >= 0.6 is 7.94 Å². The van der Waals surface area contributed by atoms with Gasteiger partial charge in [-0.05, 0) is 0 Å². The molecule has 0 spiro atoms. The lowest BCUT2D eigenvalue weighted by Gasteiger charge is -2.08. The van der Waals surface area contributed by atoms with Crippen LogP contribution in [-0.2, 0) is 0 Å². The van der Waals surface area contributed by atoms with E-state index in [1.54, 1.807) is 6.07 Å². The van der Waals surface area contributed by atoms with Crippen LogP contribution in [0.5, 0.6) is 0 Å². The van der Waals surface area contributed by atoms with Gasteiger partial charge in [0.25, 0.3) is 11.9 Å². The molecule has 20 heavy (non-hydrogen) atoms. The maximum absolute atomic E-state index is 9.44. The molecule has 2 aromatic rings. The van der Waals surface area contributed by atoms with Gasteiger partial charge in [0.1, 0.15) is 0 Å². The van der Waals surface area contributed by atoms with Gasteiger partial charge in [-0.25, -0.2) is 0 Å². The number of hydrogen-bond donors (Lipinski definition) is 7. The number of aliphatic hydroxyl groups excluding tert-OH is 2. The monoisotopic (exact) mass is 299 g/mol. The lowest BCUT2D eigenvalue weighted by atomic mass is 10.1. The zero-order valence-corrected chi connectivity index (χ0v) is 10.9. The largest absolute Gasteiger partial charge is 0.481 e. The molecule has 7 N–H and O–H groups in total. The average molecular weight is 299 g/mol. The van der Waals surface area contributed by atoms with E-state index in [2.05, 4.69) is 0 Å². The normalized spacial score (nSPS) is 11.6. The van der Waals surface area contributed by atoms with Crippen molar-refractivity contribution in [3.63, 3.8) is 0 Å². The summed E-state index contributed by atoms with van der Waals surface area (Å²) in [5.74, 6) is -2.41. The van der Waals surface area contributed by atoms with Crippen LogP contribution in [0.2, 0.25) is 0 Å². The summed E-state index contributed by atoms with van der Waals surface area (Å²) in [6.07, 6.45) is 0. The van der Waals surface area contributed by atoms with Gasteiger partial charge in [-0.2, -0.15) is 14.7 Å². The Morgan fingerprint density at radius 2 is 1.35 bits per heavy atom. The third-order valence-corrected chi connectivity index (χ3v) is 3.83. The van der Waals surface area contributed by atoms with E-state index in [-0.39, 0.29) is 21.3 Å². The van der Waals surface area contributed by atoms with Gasteiger partial charge in [-0.15, -0.1) is 0 Å². The Kier molecular flexibility index (Phi) is 3.45. The topological polar surface area (TPSA) is 142 Å². The summed E-state index contributed by atoms with van der Waals surface area (Å²) >= 11 is 0. The van der Waals surface area contributed by atoms with Crippen molar-refractivity contribution in [1.82, 2.24) is 0 Å². The van der Waals surface area contributed by atoms with Gasteiger partial charge < -0.3 is 20.4 Å². The first-order chi connectivity index (χ1) is 9.23. The molecule has 0 saturated heterocycles. The molecule has 0 bridgehead atoms. The highest BCUT2D eigenvalue weighted by molar-refractivity contribution is 7.67. The fourth-order valence-electron chi connectivity index (χ4n) is 2.02. The zero-order valence-electron chi connectivity index (χ0n) is 9.96. The van der Waals surface area contributed by atoms with Crippen molar-refractivity contribution in [3.05, 3.63) is 40.8 Å². The van der Waals surface area contributed by atoms with Gasteiger partial charge in [-0.3, -0.25) is 0 Å². The Hall–Kier alpha value is -2.05. The van der Waals surface area contributed by atoms with E-state index in [0.717, 1.165) is 6.07 Å². The summed E-state index contributed by atoms with van der Waals surface area (Å²) in [5, 5.41) is 36.2. The quantitative estimate of drug-likeness (QED) is 0.354. The van der Waals surface area contributed by atoms with Gasteiger partial charge in [0.2, 0.25) is 0 Å². The maximum atomic E-state index is 9.44. The Bertz CT molecular complexity index is 784. The smallest absolute Gasteiger partial charge is 0.441 e. The zero-order chi connectivity index (χ0) is 15.1. The molecule has 0 saturated carbocycles. The molecule has 0 aromatic heterocycles. The first kappa shape index (κ1) is 14.4. The third-order valence-electron chi connectivity index (χ3n) is 2.81. The van der Waals surface area contributed by atoms with Crippen molar-refractivity contribution in [3.8, 4) is 0 Å². The molecular formula is C12H12O7P+. The van der Waals surface area contributed by atoms with E-state index >= 15 is 0 Å². The van der Waals surface area contributed by atoms with E-state index in [0.29, 0.717) is 0 Å². The summed E-state index contributed by atoms with van der Waals surface area (Å²) in [4.78, 5) is 28.3. The summed E-state index contributed by atoms with van der Waals surface area (Å²) in [6.45, 7) is 0. The van der Waals surface area contributed by atoms with Crippen LogP contribution in [0.25, 0.3) is 22.7 Å². The predicted molar refractivity (Wildman–Crippen MR) is 73.7 cm³/mol. The molecule has 0 amide bonds. The van der Waals surface area contributed by atoms with Crippen LogP contribution in [0.1, 0.15) is 0 Å². The van der Waals surface area contributed by atoms with Crippen LogP contribution in [0.4, 0.5) is 0 Å². The Morgan fingerprint density at radius 1 is 0.800 bits per heavy atom.